The second-order valence-electron chi connectivity index (χ2n) is 8.48. The van der Waals surface area contributed by atoms with Crippen LogP contribution < -0.4 is 10.6 Å². The van der Waals surface area contributed by atoms with Gasteiger partial charge in [0, 0.05) is 48.5 Å². The fraction of sp³-hybridized carbons (Fsp3) is 0.360. The van der Waals surface area contributed by atoms with Crippen LogP contribution >= 0.6 is 0 Å². The smallest absolute Gasteiger partial charge is 0.388 e. The summed E-state index contributed by atoms with van der Waals surface area (Å²) in [5.74, 6) is -0.0635. The Hall–Kier alpha value is -3.29. The highest BCUT2D eigenvalue weighted by Crippen LogP contribution is 2.34. The molecule has 4 rings (SSSR count). The second kappa shape index (κ2) is 9.29. The molecule has 2 atom stereocenters. The maximum Gasteiger partial charge on any atom is 0.433 e. The maximum absolute atomic E-state index is 13.4. The quantitative estimate of drug-likeness (QED) is 0.510. The van der Waals surface area contributed by atoms with Crippen molar-refractivity contribution in [2.75, 3.05) is 24.7 Å². The molecule has 0 bridgehead atoms. The number of hydrogen-bond acceptors (Lipinski definition) is 4. The third-order valence-corrected chi connectivity index (χ3v) is 6.28. The fourth-order valence-electron chi connectivity index (χ4n) is 4.48. The van der Waals surface area contributed by atoms with E-state index in [0.717, 1.165) is 31.0 Å². The molecular weight excluding hydrogens is 429 g/mol. The third-order valence-electron chi connectivity index (χ3n) is 6.28. The number of hydrogen-bond donors (Lipinski definition) is 2. The van der Waals surface area contributed by atoms with Gasteiger partial charge in [0.2, 0.25) is 0 Å². The first-order chi connectivity index (χ1) is 15.8. The Morgan fingerprint density at radius 2 is 1.88 bits per heavy atom. The summed E-state index contributed by atoms with van der Waals surface area (Å²) in [6, 6.07) is 15.2. The van der Waals surface area contributed by atoms with Gasteiger partial charge in [0.05, 0.1) is 5.52 Å². The largest absolute Gasteiger partial charge is 0.433 e. The lowest BCUT2D eigenvalue weighted by molar-refractivity contribution is -0.140. The molecule has 0 aliphatic heterocycles. The number of carbonyl (C=O) groups excluding carboxylic acids is 1. The highest BCUT2D eigenvalue weighted by molar-refractivity contribution is 5.95. The summed E-state index contributed by atoms with van der Waals surface area (Å²) in [6.07, 6.45) is -1.30. The first kappa shape index (κ1) is 22.9. The number of pyridine rings is 1. The summed E-state index contributed by atoms with van der Waals surface area (Å²) in [6.45, 7) is 0. The van der Waals surface area contributed by atoms with E-state index in [1.807, 2.05) is 18.2 Å². The van der Waals surface area contributed by atoms with Crippen LogP contribution in [-0.4, -0.2) is 42.0 Å². The maximum atomic E-state index is 13.4. The van der Waals surface area contributed by atoms with Gasteiger partial charge >= 0.3 is 6.18 Å². The minimum atomic E-state index is -4.52. The molecule has 33 heavy (non-hydrogen) atoms. The molecule has 1 heterocycles. The van der Waals surface area contributed by atoms with Crippen LogP contribution in [0.2, 0.25) is 0 Å². The fourth-order valence-corrected chi connectivity index (χ4v) is 4.48. The lowest BCUT2D eigenvalue weighted by Gasteiger charge is -2.36. The summed E-state index contributed by atoms with van der Waals surface area (Å²) in [5, 5.41) is 7.02. The van der Waals surface area contributed by atoms with Gasteiger partial charge < -0.3 is 15.5 Å². The number of rotatable bonds is 5. The summed E-state index contributed by atoms with van der Waals surface area (Å²) in [4.78, 5) is 18.6. The van der Waals surface area contributed by atoms with Crippen LogP contribution in [0.25, 0.3) is 10.9 Å². The van der Waals surface area contributed by atoms with Crippen LogP contribution in [0.1, 0.15) is 41.7 Å². The zero-order chi connectivity index (χ0) is 23.6. The first-order valence-corrected chi connectivity index (χ1v) is 11.0. The van der Waals surface area contributed by atoms with E-state index in [2.05, 4.69) is 15.6 Å². The number of alkyl halides is 3. The number of benzene rings is 2. The lowest BCUT2D eigenvalue weighted by atomic mass is 9.89. The molecular formula is C25H27F3N4O. The molecule has 1 aromatic heterocycles. The second-order valence-corrected chi connectivity index (χ2v) is 8.48. The molecule has 0 unspecified atom stereocenters. The molecule has 1 aliphatic carbocycles. The van der Waals surface area contributed by atoms with E-state index < -0.39 is 11.9 Å². The van der Waals surface area contributed by atoms with E-state index in [9.17, 15) is 18.0 Å². The highest BCUT2D eigenvalue weighted by atomic mass is 19.4. The minimum absolute atomic E-state index is 0.00261. The van der Waals surface area contributed by atoms with Crippen molar-refractivity contribution in [3.63, 3.8) is 0 Å². The zero-order valence-electron chi connectivity index (χ0n) is 18.6. The van der Waals surface area contributed by atoms with Crippen molar-refractivity contribution in [3.8, 4) is 0 Å². The number of amides is 1. The average Bonchev–Trinajstić information content (AvgIpc) is 2.82. The molecule has 0 spiro atoms. The average molecular weight is 457 g/mol. The number of halogens is 3. The molecule has 1 aliphatic rings. The molecule has 2 N–H and O–H groups in total. The van der Waals surface area contributed by atoms with Crippen LogP contribution in [0.3, 0.4) is 0 Å². The van der Waals surface area contributed by atoms with Crippen molar-refractivity contribution in [1.29, 1.82) is 0 Å². The predicted molar refractivity (Wildman–Crippen MR) is 124 cm³/mol. The van der Waals surface area contributed by atoms with Gasteiger partial charge in [-0.25, -0.2) is 4.98 Å². The van der Waals surface area contributed by atoms with E-state index in [0.29, 0.717) is 28.6 Å². The molecule has 0 radical (unpaired) electrons. The first-order valence-electron chi connectivity index (χ1n) is 11.0. The Kier molecular flexibility index (Phi) is 6.44. The lowest BCUT2D eigenvalue weighted by Crippen LogP contribution is -2.43. The van der Waals surface area contributed by atoms with Crippen LogP contribution in [0, 0.1) is 0 Å². The van der Waals surface area contributed by atoms with Gasteiger partial charge in [0.1, 0.15) is 5.69 Å². The number of aromatic nitrogens is 1. The monoisotopic (exact) mass is 456 g/mol. The highest BCUT2D eigenvalue weighted by Gasteiger charge is 2.34. The van der Waals surface area contributed by atoms with Crippen molar-refractivity contribution in [2.24, 2.45) is 0 Å². The molecule has 1 amide bonds. The Balaban J connectivity index is 1.53. The SMILES string of the molecule is CNc1cccc(C(=O)N(C)[C@@H]2CCC[C@H](Nc3cc(C(F)(F)F)nc4ccccc34)C2)c1. The van der Waals surface area contributed by atoms with Crippen molar-refractivity contribution in [2.45, 2.75) is 43.9 Å². The third kappa shape index (κ3) is 5.05. The summed E-state index contributed by atoms with van der Waals surface area (Å²) in [5.41, 5.74) is 1.29. The molecule has 2 aromatic carbocycles. The van der Waals surface area contributed by atoms with Gasteiger partial charge in [-0.2, -0.15) is 13.2 Å². The van der Waals surface area contributed by atoms with E-state index in [1.54, 1.807) is 49.3 Å². The molecule has 0 saturated heterocycles. The van der Waals surface area contributed by atoms with Gasteiger partial charge in [-0.1, -0.05) is 24.3 Å². The van der Waals surface area contributed by atoms with E-state index in [1.165, 1.54) is 0 Å². The Morgan fingerprint density at radius 1 is 1.09 bits per heavy atom. The van der Waals surface area contributed by atoms with Crippen molar-refractivity contribution >= 4 is 28.2 Å². The number of para-hydroxylation sites is 1. The topological polar surface area (TPSA) is 57.3 Å². The Morgan fingerprint density at radius 3 is 2.64 bits per heavy atom. The van der Waals surface area contributed by atoms with Crippen LogP contribution in [-0.2, 0) is 6.18 Å². The molecule has 1 fully saturated rings. The number of nitrogens with one attached hydrogen (secondary N) is 2. The summed E-state index contributed by atoms with van der Waals surface area (Å²) < 4.78 is 40.2. The molecule has 8 heteroatoms. The number of nitrogens with zero attached hydrogens (tertiary/aromatic N) is 2. The molecule has 174 valence electrons. The number of carbonyl (C=O) groups is 1. The van der Waals surface area contributed by atoms with Crippen LogP contribution in [0.15, 0.2) is 54.6 Å². The molecule has 1 saturated carbocycles. The van der Waals surface area contributed by atoms with Gasteiger partial charge in [-0.15, -0.1) is 0 Å². The van der Waals surface area contributed by atoms with Gasteiger partial charge in [0.15, 0.2) is 0 Å². The number of fused-ring (bicyclic) bond motifs is 1. The van der Waals surface area contributed by atoms with Crippen molar-refractivity contribution < 1.29 is 18.0 Å². The van der Waals surface area contributed by atoms with E-state index in [-0.39, 0.29) is 18.0 Å². The number of anilines is 2. The van der Waals surface area contributed by atoms with Gasteiger partial charge in [-0.3, -0.25) is 4.79 Å². The Bertz CT molecular complexity index is 1150. The molecule has 3 aromatic rings. The summed E-state index contributed by atoms with van der Waals surface area (Å²) in [7, 11) is 3.60. The van der Waals surface area contributed by atoms with Gasteiger partial charge in [0.25, 0.3) is 5.91 Å². The summed E-state index contributed by atoms with van der Waals surface area (Å²) >= 11 is 0. The van der Waals surface area contributed by atoms with E-state index >= 15 is 0 Å². The van der Waals surface area contributed by atoms with Crippen LogP contribution in [0.4, 0.5) is 24.5 Å². The van der Waals surface area contributed by atoms with Crippen molar-refractivity contribution in [3.05, 3.63) is 65.9 Å². The normalized spacial score (nSPS) is 18.7. The van der Waals surface area contributed by atoms with E-state index in [4.69, 9.17) is 0 Å². The van der Waals surface area contributed by atoms with Crippen LogP contribution in [0.5, 0.6) is 0 Å². The molecule has 5 nitrogen and oxygen atoms in total. The Labute approximate surface area is 191 Å². The standard InChI is InChI=1S/C25H27F3N4O/c1-29-17-8-5-7-16(13-17)24(33)32(2)19-10-6-9-18(14-19)30-22-15-23(25(26,27)28)31-21-12-4-3-11-20(21)22/h3-5,7-8,11-13,15,18-19,29H,6,9-10,14H2,1-2H3,(H,30,31)/t18-,19+/m0/s1. The van der Waals surface area contributed by atoms with Crippen molar-refractivity contribution in [1.82, 2.24) is 9.88 Å². The predicted octanol–water partition coefficient (Wildman–Crippen LogP) is 5.79. The minimum Gasteiger partial charge on any atom is -0.388 e. The van der Waals surface area contributed by atoms with Gasteiger partial charge in [-0.05, 0) is 56.0 Å². The zero-order valence-corrected chi connectivity index (χ0v) is 18.6.